The summed E-state index contributed by atoms with van der Waals surface area (Å²) < 4.78 is 0.890. The zero-order valence-electron chi connectivity index (χ0n) is 9.17. The maximum atomic E-state index is 5.88. The molecule has 2 aromatic rings. The molecule has 0 aliphatic rings. The number of aromatic nitrogens is 1. The normalized spacial score (nSPS) is 10.3. The zero-order valence-corrected chi connectivity index (χ0v) is 11.5. The Hall–Kier alpha value is -1.26. The average molecular weight is 313 g/mol. The topological polar surface area (TPSA) is 50.9 Å². The van der Waals surface area contributed by atoms with Gasteiger partial charge in [-0.3, -0.25) is 0 Å². The van der Waals surface area contributed by atoms with Crippen LogP contribution in [0, 0.1) is 6.92 Å². The van der Waals surface area contributed by atoms with Gasteiger partial charge in [0.15, 0.2) is 0 Å². The van der Waals surface area contributed by atoms with E-state index < -0.39 is 0 Å². The van der Waals surface area contributed by atoms with Crippen LogP contribution >= 0.6 is 27.5 Å². The third kappa shape index (κ3) is 2.90. The molecule has 2 rings (SSSR count). The van der Waals surface area contributed by atoms with E-state index in [2.05, 4.69) is 26.2 Å². The number of nitrogens with one attached hydrogen (secondary N) is 1. The highest BCUT2D eigenvalue weighted by atomic mass is 79.9. The fourth-order valence-electron chi connectivity index (χ4n) is 1.36. The highest BCUT2D eigenvalue weighted by Gasteiger charge is 2.03. The molecule has 17 heavy (non-hydrogen) atoms. The van der Waals surface area contributed by atoms with Gasteiger partial charge in [0.1, 0.15) is 5.82 Å². The Bertz CT molecular complexity index is 557. The van der Waals surface area contributed by atoms with Gasteiger partial charge in [-0.1, -0.05) is 11.6 Å². The predicted octanol–water partition coefficient (Wildman–Crippen LogP) is 4.13. The van der Waals surface area contributed by atoms with E-state index in [0.717, 1.165) is 21.5 Å². The molecule has 5 heteroatoms. The van der Waals surface area contributed by atoms with Crippen molar-refractivity contribution in [3.05, 3.63) is 45.5 Å². The number of benzene rings is 1. The second-order valence-electron chi connectivity index (χ2n) is 3.68. The van der Waals surface area contributed by atoms with Crippen LogP contribution in [0.15, 0.2) is 34.9 Å². The molecule has 0 aliphatic heterocycles. The van der Waals surface area contributed by atoms with Gasteiger partial charge in [-0.25, -0.2) is 4.98 Å². The van der Waals surface area contributed by atoms with Crippen LogP contribution in [0.4, 0.5) is 17.2 Å². The molecule has 0 atom stereocenters. The highest BCUT2D eigenvalue weighted by molar-refractivity contribution is 9.10. The molecule has 88 valence electrons. The minimum Gasteiger partial charge on any atom is -0.397 e. The Labute approximate surface area is 113 Å². The molecule has 0 bridgehead atoms. The molecular weight excluding hydrogens is 302 g/mol. The Morgan fingerprint density at radius 1 is 1.35 bits per heavy atom. The Morgan fingerprint density at radius 2 is 2.12 bits per heavy atom. The number of halogens is 2. The van der Waals surface area contributed by atoms with Crippen LogP contribution in [0.25, 0.3) is 0 Å². The maximum Gasteiger partial charge on any atom is 0.130 e. The summed E-state index contributed by atoms with van der Waals surface area (Å²) in [4.78, 5) is 4.21. The first-order chi connectivity index (χ1) is 8.06. The van der Waals surface area contributed by atoms with Crippen LogP contribution in [0.2, 0.25) is 5.02 Å². The van der Waals surface area contributed by atoms with Gasteiger partial charge >= 0.3 is 0 Å². The van der Waals surface area contributed by atoms with Crippen LogP contribution in [-0.2, 0) is 0 Å². The highest BCUT2D eigenvalue weighted by Crippen LogP contribution is 2.28. The lowest BCUT2D eigenvalue weighted by molar-refractivity contribution is 1.27. The zero-order chi connectivity index (χ0) is 12.4. The number of hydrogen-bond donors (Lipinski definition) is 2. The van der Waals surface area contributed by atoms with E-state index in [1.807, 2.05) is 31.2 Å². The van der Waals surface area contributed by atoms with Crippen molar-refractivity contribution in [1.82, 2.24) is 4.98 Å². The van der Waals surface area contributed by atoms with Crippen LogP contribution in [-0.4, -0.2) is 4.98 Å². The Balaban J connectivity index is 2.28. The van der Waals surface area contributed by atoms with Crippen LogP contribution in [0.1, 0.15) is 5.56 Å². The van der Waals surface area contributed by atoms with Gasteiger partial charge in [0.2, 0.25) is 0 Å². The van der Waals surface area contributed by atoms with Gasteiger partial charge in [0.25, 0.3) is 0 Å². The molecule has 1 heterocycles. The van der Waals surface area contributed by atoms with Crippen molar-refractivity contribution in [2.24, 2.45) is 0 Å². The van der Waals surface area contributed by atoms with Crippen LogP contribution in [0.5, 0.6) is 0 Å². The summed E-state index contributed by atoms with van der Waals surface area (Å²) in [6, 6.07) is 7.43. The molecule has 1 aromatic carbocycles. The first kappa shape index (κ1) is 12.2. The first-order valence-corrected chi connectivity index (χ1v) is 6.17. The second kappa shape index (κ2) is 4.94. The summed E-state index contributed by atoms with van der Waals surface area (Å²) in [5, 5.41) is 3.88. The predicted molar refractivity (Wildman–Crippen MR) is 75.8 cm³/mol. The number of pyridine rings is 1. The van der Waals surface area contributed by atoms with E-state index >= 15 is 0 Å². The number of rotatable bonds is 2. The van der Waals surface area contributed by atoms with Gasteiger partial charge in [-0.05, 0) is 52.7 Å². The van der Waals surface area contributed by atoms with Crippen molar-refractivity contribution in [1.29, 1.82) is 0 Å². The lowest BCUT2D eigenvalue weighted by Crippen LogP contribution is -1.97. The van der Waals surface area contributed by atoms with Crippen molar-refractivity contribution in [2.45, 2.75) is 6.92 Å². The van der Waals surface area contributed by atoms with E-state index in [-0.39, 0.29) is 0 Å². The Morgan fingerprint density at radius 3 is 2.76 bits per heavy atom. The molecule has 3 N–H and O–H groups in total. The van der Waals surface area contributed by atoms with E-state index in [0.29, 0.717) is 10.7 Å². The largest absolute Gasteiger partial charge is 0.397 e. The number of aryl methyl sites for hydroxylation is 1. The van der Waals surface area contributed by atoms with E-state index in [1.165, 1.54) is 0 Å². The third-order valence-electron chi connectivity index (χ3n) is 2.35. The molecule has 0 saturated carbocycles. The maximum absolute atomic E-state index is 5.88. The van der Waals surface area contributed by atoms with Crippen molar-refractivity contribution in [3.8, 4) is 0 Å². The monoisotopic (exact) mass is 311 g/mol. The van der Waals surface area contributed by atoms with E-state index in [4.69, 9.17) is 17.3 Å². The minimum atomic E-state index is 0.684. The van der Waals surface area contributed by atoms with Gasteiger partial charge in [0, 0.05) is 9.50 Å². The standard InChI is InChI=1S/C12H11BrClN3/c1-7-4-12(16-6-10(7)15)17-11-3-2-8(14)5-9(11)13/h2-6H,15H2,1H3,(H,16,17). The number of anilines is 3. The first-order valence-electron chi connectivity index (χ1n) is 5.00. The van der Waals surface area contributed by atoms with E-state index in [1.54, 1.807) is 6.20 Å². The molecule has 0 saturated heterocycles. The molecule has 3 nitrogen and oxygen atoms in total. The van der Waals surface area contributed by atoms with Crippen molar-refractivity contribution < 1.29 is 0 Å². The van der Waals surface area contributed by atoms with Crippen LogP contribution in [0.3, 0.4) is 0 Å². The molecule has 0 fully saturated rings. The Kier molecular flexibility index (Phi) is 3.54. The number of nitrogens with zero attached hydrogens (tertiary/aromatic N) is 1. The fraction of sp³-hybridized carbons (Fsp3) is 0.0833. The number of nitrogen functional groups attached to an aromatic ring is 1. The smallest absolute Gasteiger partial charge is 0.130 e. The summed E-state index contributed by atoms with van der Waals surface area (Å²) in [7, 11) is 0. The molecule has 0 amide bonds. The molecular formula is C12H11BrClN3. The molecule has 0 radical (unpaired) electrons. The molecule has 0 aliphatic carbocycles. The molecule has 1 aromatic heterocycles. The third-order valence-corrected chi connectivity index (χ3v) is 3.24. The lowest BCUT2D eigenvalue weighted by Gasteiger charge is -2.09. The van der Waals surface area contributed by atoms with Gasteiger partial charge < -0.3 is 11.1 Å². The second-order valence-corrected chi connectivity index (χ2v) is 4.97. The van der Waals surface area contributed by atoms with Gasteiger partial charge in [0.05, 0.1) is 17.6 Å². The number of hydrogen-bond acceptors (Lipinski definition) is 3. The lowest BCUT2D eigenvalue weighted by atomic mass is 10.2. The quantitative estimate of drug-likeness (QED) is 0.876. The van der Waals surface area contributed by atoms with E-state index in [9.17, 15) is 0 Å². The minimum absolute atomic E-state index is 0.684. The van der Waals surface area contributed by atoms with Crippen molar-refractivity contribution in [2.75, 3.05) is 11.1 Å². The fourth-order valence-corrected chi connectivity index (χ4v) is 2.15. The number of nitrogens with two attached hydrogens (primary N) is 1. The molecule has 0 spiro atoms. The van der Waals surface area contributed by atoms with Crippen molar-refractivity contribution in [3.63, 3.8) is 0 Å². The van der Waals surface area contributed by atoms with Gasteiger partial charge in [-0.2, -0.15) is 0 Å². The van der Waals surface area contributed by atoms with Crippen molar-refractivity contribution >= 4 is 44.7 Å². The van der Waals surface area contributed by atoms with Crippen LogP contribution < -0.4 is 11.1 Å². The van der Waals surface area contributed by atoms with Gasteiger partial charge in [-0.15, -0.1) is 0 Å². The summed E-state index contributed by atoms with van der Waals surface area (Å²) in [5.41, 5.74) is 8.30. The average Bonchev–Trinajstić information content (AvgIpc) is 2.27. The molecule has 0 unspecified atom stereocenters. The summed E-state index contributed by atoms with van der Waals surface area (Å²) in [5.74, 6) is 0.750. The summed E-state index contributed by atoms with van der Waals surface area (Å²) >= 11 is 9.31. The summed E-state index contributed by atoms with van der Waals surface area (Å²) in [6.45, 7) is 1.94. The SMILES string of the molecule is Cc1cc(Nc2ccc(Cl)cc2Br)ncc1N. The summed E-state index contributed by atoms with van der Waals surface area (Å²) in [6.07, 6.45) is 1.64.